The van der Waals surface area contributed by atoms with Crippen LogP contribution in [0.4, 0.5) is 5.69 Å². The summed E-state index contributed by atoms with van der Waals surface area (Å²) in [7, 11) is 0. The number of nitrogens with one attached hydrogen (secondary N) is 1. The minimum atomic E-state index is -0.932. The number of anilines is 1. The van der Waals surface area contributed by atoms with Crippen molar-refractivity contribution in [3.8, 4) is 6.07 Å². The van der Waals surface area contributed by atoms with E-state index < -0.39 is 5.54 Å². The molecule has 0 aliphatic rings. The lowest BCUT2D eigenvalue weighted by Gasteiger charge is -2.18. The molecule has 6 heteroatoms. The molecule has 0 aliphatic heterocycles. The van der Waals surface area contributed by atoms with Gasteiger partial charge in [-0.25, -0.2) is 0 Å². The molecule has 1 amide bonds. The van der Waals surface area contributed by atoms with Gasteiger partial charge < -0.3 is 11.1 Å². The molecule has 0 aromatic heterocycles. The first-order valence-corrected chi connectivity index (χ1v) is 6.34. The molecule has 0 heterocycles. The zero-order valence-electron chi connectivity index (χ0n) is 9.34. The minimum absolute atomic E-state index is 0.328. The Balaban J connectivity index is 3.10. The molecule has 3 N–H and O–H groups in total. The number of halogens is 2. The minimum Gasteiger partial charge on any atom is -0.397 e. The van der Waals surface area contributed by atoms with E-state index in [1.54, 1.807) is 26.0 Å². The van der Waals surface area contributed by atoms with E-state index in [0.29, 0.717) is 15.7 Å². The van der Waals surface area contributed by atoms with Gasteiger partial charge in [0.2, 0.25) is 0 Å². The zero-order valence-corrected chi connectivity index (χ0v) is 12.5. The standard InChI is InChI=1S/C11H11Br2N3O/c1-11(2,5-14)16-10(17)7-3-6(12)4-8(13)9(7)15/h3-4H,15H2,1-2H3,(H,16,17). The van der Waals surface area contributed by atoms with Crippen LogP contribution in [0.5, 0.6) is 0 Å². The maximum atomic E-state index is 12.0. The largest absolute Gasteiger partial charge is 0.397 e. The Hall–Kier alpha value is -1.06. The van der Waals surface area contributed by atoms with E-state index in [-0.39, 0.29) is 5.91 Å². The van der Waals surface area contributed by atoms with Crippen LogP contribution in [-0.4, -0.2) is 11.4 Å². The number of carbonyl (C=O) groups excluding carboxylic acids is 1. The number of hydrogen-bond acceptors (Lipinski definition) is 3. The molecule has 0 spiro atoms. The Morgan fingerprint density at radius 2 is 2.06 bits per heavy atom. The van der Waals surface area contributed by atoms with Gasteiger partial charge in [0.15, 0.2) is 0 Å². The molecule has 90 valence electrons. The highest BCUT2D eigenvalue weighted by molar-refractivity contribution is 9.11. The molecular formula is C11H11Br2N3O. The van der Waals surface area contributed by atoms with Crippen LogP contribution in [0.15, 0.2) is 21.1 Å². The maximum Gasteiger partial charge on any atom is 0.254 e. The summed E-state index contributed by atoms with van der Waals surface area (Å²) in [5, 5.41) is 11.4. The van der Waals surface area contributed by atoms with Crippen LogP contribution in [0.2, 0.25) is 0 Å². The normalized spacial score (nSPS) is 10.8. The van der Waals surface area contributed by atoms with Crippen LogP contribution < -0.4 is 11.1 Å². The van der Waals surface area contributed by atoms with Gasteiger partial charge >= 0.3 is 0 Å². The van der Waals surface area contributed by atoms with Gasteiger partial charge in [-0.2, -0.15) is 5.26 Å². The fourth-order valence-electron chi connectivity index (χ4n) is 1.15. The molecule has 1 aromatic carbocycles. The van der Waals surface area contributed by atoms with Gasteiger partial charge in [-0.1, -0.05) is 15.9 Å². The zero-order chi connectivity index (χ0) is 13.2. The van der Waals surface area contributed by atoms with Crippen molar-refractivity contribution < 1.29 is 4.79 Å². The predicted octanol–water partition coefficient (Wildman–Crippen LogP) is 2.83. The molecular weight excluding hydrogens is 350 g/mol. The molecule has 0 saturated carbocycles. The van der Waals surface area contributed by atoms with Crippen LogP contribution in [0.25, 0.3) is 0 Å². The lowest BCUT2D eigenvalue weighted by Crippen LogP contribution is -2.42. The summed E-state index contributed by atoms with van der Waals surface area (Å²) in [5.74, 6) is -0.379. The topological polar surface area (TPSA) is 78.9 Å². The van der Waals surface area contributed by atoms with Gasteiger partial charge in [-0.05, 0) is 41.9 Å². The van der Waals surface area contributed by atoms with Crippen LogP contribution in [-0.2, 0) is 0 Å². The quantitative estimate of drug-likeness (QED) is 0.796. The second-order valence-corrected chi connectivity index (χ2v) is 5.81. The van der Waals surface area contributed by atoms with Crippen molar-refractivity contribution in [1.29, 1.82) is 5.26 Å². The van der Waals surface area contributed by atoms with Gasteiger partial charge in [-0.3, -0.25) is 4.79 Å². The van der Waals surface area contributed by atoms with E-state index in [1.165, 1.54) is 0 Å². The number of rotatable bonds is 2. The van der Waals surface area contributed by atoms with Crippen molar-refractivity contribution in [3.05, 3.63) is 26.6 Å². The lowest BCUT2D eigenvalue weighted by molar-refractivity contribution is 0.0930. The third kappa shape index (κ3) is 3.45. The van der Waals surface area contributed by atoms with E-state index in [9.17, 15) is 4.79 Å². The Bertz CT molecular complexity index is 506. The average Bonchev–Trinajstić information content (AvgIpc) is 2.22. The van der Waals surface area contributed by atoms with Gasteiger partial charge in [0.25, 0.3) is 5.91 Å². The SMILES string of the molecule is CC(C)(C#N)NC(=O)c1cc(Br)cc(Br)c1N. The fourth-order valence-corrected chi connectivity index (χ4v) is 2.38. The summed E-state index contributed by atoms with van der Waals surface area (Å²) in [6, 6.07) is 5.36. The number of benzene rings is 1. The molecule has 0 atom stereocenters. The lowest BCUT2D eigenvalue weighted by atomic mass is 10.1. The highest BCUT2D eigenvalue weighted by Crippen LogP contribution is 2.28. The Morgan fingerprint density at radius 1 is 1.47 bits per heavy atom. The third-order valence-electron chi connectivity index (χ3n) is 2.04. The molecule has 4 nitrogen and oxygen atoms in total. The van der Waals surface area contributed by atoms with Crippen LogP contribution >= 0.6 is 31.9 Å². The van der Waals surface area contributed by atoms with E-state index in [0.717, 1.165) is 4.47 Å². The Morgan fingerprint density at radius 3 is 2.59 bits per heavy atom. The number of nitrogen functional groups attached to an aromatic ring is 1. The summed E-state index contributed by atoms with van der Waals surface area (Å²) in [4.78, 5) is 12.0. The molecule has 0 unspecified atom stereocenters. The number of hydrogen-bond donors (Lipinski definition) is 2. The molecule has 0 saturated heterocycles. The van der Waals surface area contributed by atoms with Gasteiger partial charge in [0.1, 0.15) is 5.54 Å². The Labute approximate surface area is 116 Å². The molecule has 1 rings (SSSR count). The smallest absolute Gasteiger partial charge is 0.254 e. The van der Waals surface area contributed by atoms with E-state index in [4.69, 9.17) is 11.0 Å². The molecule has 0 bridgehead atoms. The number of nitriles is 1. The highest BCUT2D eigenvalue weighted by atomic mass is 79.9. The van der Waals surface area contributed by atoms with Crippen LogP contribution in [0, 0.1) is 11.3 Å². The highest BCUT2D eigenvalue weighted by Gasteiger charge is 2.22. The Kier molecular flexibility index (Phi) is 4.17. The maximum absolute atomic E-state index is 12.0. The summed E-state index contributed by atoms with van der Waals surface area (Å²) in [5.41, 5.74) is 5.54. The van der Waals surface area contributed by atoms with Gasteiger partial charge in [-0.15, -0.1) is 0 Å². The average molecular weight is 361 g/mol. The number of nitrogens with two attached hydrogens (primary N) is 1. The number of amides is 1. The fraction of sp³-hybridized carbons (Fsp3) is 0.273. The summed E-state index contributed by atoms with van der Waals surface area (Å²) < 4.78 is 1.37. The van der Waals surface area contributed by atoms with E-state index >= 15 is 0 Å². The monoisotopic (exact) mass is 359 g/mol. The van der Waals surface area contributed by atoms with E-state index in [2.05, 4.69) is 37.2 Å². The molecule has 0 aliphatic carbocycles. The van der Waals surface area contributed by atoms with Gasteiger partial charge in [0, 0.05) is 8.95 Å². The molecule has 0 radical (unpaired) electrons. The second-order valence-electron chi connectivity index (χ2n) is 4.04. The van der Waals surface area contributed by atoms with Crippen molar-refractivity contribution in [2.45, 2.75) is 19.4 Å². The first kappa shape index (κ1) is 14.0. The van der Waals surface area contributed by atoms with Crippen molar-refractivity contribution >= 4 is 43.5 Å². The summed E-state index contributed by atoms with van der Waals surface area (Å²) in [6.45, 7) is 3.24. The summed E-state index contributed by atoms with van der Waals surface area (Å²) >= 11 is 6.54. The van der Waals surface area contributed by atoms with Crippen molar-refractivity contribution in [2.75, 3.05) is 5.73 Å². The van der Waals surface area contributed by atoms with E-state index in [1.807, 2.05) is 6.07 Å². The van der Waals surface area contributed by atoms with Crippen molar-refractivity contribution in [2.24, 2.45) is 0 Å². The number of nitrogens with zero attached hydrogens (tertiary/aromatic N) is 1. The van der Waals surface area contributed by atoms with Crippen molar-refractivity contribution in [3.63, 3.8) is 0 Å². The first-order chi connectivity index (χ1) is 7.76. The first-order valence-electron chi connectivity index (χ1n) is 4.75. The van der Waals surface area contributed by atoms with Crippen LogP contribution in [0.3, 0.4) is 0 Å². The second kappa shape index (κ2) is 5.07. The number of carbonyl (C=O) groups is 1. The summed E-state index contributed by atoms with van der Waals surface area (Å²) in [6.07, 6.45) is 0. The third-order valence-corrected chi connectivity index (χ3v) is 3.16. The predicted molar refractivity (Wildman–Crippen MR) is 73.4 cm³/mol. The van der Waals surface area contributed by atoms with Crippen molar-refractivity contribution in [1.82, 2.24) is 5.32 Å². The molecule has 17 heavy (non-hydrogen) atoms. The van der Waals surface area contributed by atoms with Crippen LogP contribution in [0.1, 0.15) is 24.2 Å². The molecule has 1 aromatic rings. The molecule has 0 fully saturated rings. The van der Waals surface area contributed by atoms with Gasteiger partial charge in [0.05, 0.1) is 17.3 Å².